The maximum absolute atomic E-state index is 13.0. The van der Waals surface area contributed by atoms with Gasteiger partial charge in [0.1, 0.15) is 5.82 Å². The molecule has 5 heteroatoms. The molecular formula is C19H16FNO3. The first-order chi connectivity index (χ1) is 11.5. The van der Waals surface area contributed by atoms with Crippen molar-refractivity contribution in [1.29, 1.82) is 0 Å². The van der Waals surface area contributed by atoms with Gasteiger partial charge in [-0.25, -0.2) is 14.2 Å². The molecule has 1 aromatic heterocycles. The van der Waals surface area contributed by atoms with Crippen molar-refractivity contribution in [3.8, 4) is 5.75 Å². The molecule has 0 aliphatic rings. The zero-order valence-electron chi connectivity index (χ0n) is 13.3. The van der Waals surface area contributed by atoms with Crippen molar-refractivity contribution in [2.75, 3.05) is 7.11 Å². The first-order valence-electron chi connectivity index (χ1n) is 7.44. The zero-order chi connectivity index (χ0) is 17.3. The van der Waals surface area contributed by atoms with Gasteiger partial charge in [0.2, 0.25) is 0 Å². The molecule has 122 valence electrons. The van der Waals surface area contributed by atoms with Gasteiger partial charge in [-0.1, -0.05) is 24.3 Å². The van der Waals surface area contributed by atoms with E-state index in [1.54, 1.807) is 25.1 Å². The molecule has 4 nitrogen and oxygen atoms in total. The third kappa shape index (κ3) is 2.93. The van der Waals surface area contributed by atoms with Crippen LogP contribution in [0.25, 0.3) is 10.8 Å². The number of aromatic hydroxyl groups is 1. The minimum atomic E-state index is -0.673. The summed E-state index contributed by atoms with van der Waals surface area (Å²) in [5.41, 5.74) is 2.53. The molecule has 0 radical (unpaired) electrons. The summed E-state index contributed by atoms with van der Waals surface area (Å²) in [4.78, 5) is 15.8. The minimum Gasteiger partial charge on any atom is -0.505 e. The Hall–Kier alpha value is -2.95. The number of carbonyl (C=O) groups is 1. The molecule has 3 rings (SSSR count). The number of hydrogen-bond donors (Lipinski definition) is 1. The lowest BCUT2D eigenvalue weighted by atomic mass is 10.00. The van der Waals surface area contributed by atoms with Crippen LogP contribution in [-0.4, -0.2) is 23.2 Å². The van der Waals surface area contributed by atoms with E-state index < -0.39 is 5.97 Å². The van der Waals surface area contributed by atoms with Crippen LogP contribution in [0.1, 0.15) is 27.3 Å². The molecule has 0 fully saturated rings. The average Bonchev–Trinajstić information content (AvgIpc) is 2.59. The second kappa shape index (κ2) is 6.28. The van der Waals surface area contributed by atoms with Crippen molar-refractivity contribution in [3.63, 3.8) is 0 Å². The second-order valence-corrected chi connectivity index (χ2v) is 5.57. The molecule has 0 bridgehead atoms. The van der Waals surface area contributed by atoms with Crippen molar-refractivity contribution in [2.24, 2.45) is 0 Å². The third-order valence-electron chi connectivity index (χ3n) is 3.93. The number of benzene rings is 2. The Labute approximate surface area is 138 Å². The highest BCUT2D eigenvalue weighted by molar-refractivity contribution is 6.00. The number of ether oxygens (including phenoxy) is 1. The van der Waals surface area contributed by atoms with Crippen molar-refractivity contribution < 1.29 is 19.0 Å². The quantitative estimate of drug-likeness (QED) is 0.745. The highest BCUT2D eigenvalue weighted by Crippen LogP contribution is 2.31. The summed E-state index contributed by atoms with van der Waals surface area (Å²) in [7, 11) is 1.24. The first kappa shape index (κ1) is 15.9. The lowest BCUT2D eigenvalue weighted by Crippen LogP contribution is -2.06. The molecule has 24 heavy (non-hydrogen) atoms. The number of halogens is 1. The molecule has 0 amide bonds. The normalized spacial score (nSPS) is 10.8. The number of rotatable bonds is 3. The molecule has 1 N–H and O–H groups in total. The number of nitrogens with zero attached hydrogens (tertiary/aromatic N) is 1. The van der Waals surface area contributed by atoms with Gasteiger partial charge >= 0.3 is 5.97 Å². The third-order valence-corrected chi connectivity index (χ3v) is 3.93. The van der Waals surface area contributed by atoms with Crippen LogP contribution in [0.3, 0.4) is 0 Å². The van der Waals surface area contributed by atoms with Crippen LogP contribution in [0.2, 0.25) is 0 Å². The number of carbonyl (C=O) groups excluding carboxylic acids is 1. The molecule has 3 aromatic rings. The standard InChI is InChI=1S/C19H16FNO3/c1-11-16-10-13(9-12-3-6-14(20)7-4-12)5-8-15(16)18(22)17(21-11)19(23)24-2/h3-8,10,22H,9H2,1-2H3. The molecular weight excluding hydrogens is 309 g/mol. The summed E-state index contributed by atoms with van der Waals surface area (Å²) in [6, 6.07) is 11.9. The number of esters is 1. The number of fused-ring (bicyclic) bond motifs is 1. The predicted octanol–water partition coefficient (Wildman–Crippen LogP) is 3.77. The van der Waals surface area contributed by atoms with E-state index in [9.17, 15) is 14.3 Å². The maximum Gasteiger partial charge on any atom is 0.360 e. The van der Waals surface area contributed by atoms with Crippen molar-refractivity contribution in [2.45, 2.75) is 13.3 Å². The van der Waals surface area contributed by atoms with Gasteiger partial charge in [0.15, 0.2) is 11.4 Å². The van der Waals surface area contributed by atoms with Gasteiger partial charge in [0.25, 0.3) is 0 Å². The Bertz CT molecular complexity index is 920. The highest BCUT2D eigenvalue weighted by atomic mass is 19.1. The second-order valence-electron chi connectivity index (χ2n) is 5.57. The van der Waals surface area contributed by atoms with Crippen molar-refractivity contribution >= 4 is 16.7 Å². The molecule has 0 saturated carbocycles. The van der Waals surface area contributed by atoms with Crippen LogP contribution in [-0.2, 0) is 11.2 Å². The number of methoxy groups -OCH3 is 1. The first-order valence-corrected chi connectivity index (χ1v) is 7.44. The lowest BCUT2D eigenvalue weighted by Gasteiger charge is -2.10. The predicted molar refractivity (Wildman–Crippen MR) is 88.7 cm³/mol. The largest absolute Gasteiger partial charge is 0.505 e. The Morgan fingerprint density at radius 1 is 1.12 bits per heavy atom. The Morgan fingerprint density at radius 2 is 1.79 bits per heavy atom. The summed E-state index contributed by atoms with van der Waals surface area (Å²) in [5, 5.41) is 11.6. The molecule has 0 spiro atoms. The summed E-state index contributed by atoms with van der Waals surface area (Å²) in [6.07, 6.45) is 0.634. The van der Waals surface area contributed by atoms with Gasteiger partial charge < -0.3 is 9.84 Å². The van der Waals surface area contributed by atoms with Crippen LogP contribution in [0, 0.1) is 12.7 Å². The van der Waals surface area contributed by atoms with Gasteiger partial charge in [-0.3, -0.25) is 0 Å². The van der Waals surface area contributed by atoms with E-state index >= 15 is 0 Å². The van der Waals surface area contributed by atoms with Crippen molar-refractivity contribution in [3.05, 3.63) is 70.8 Å². The van der Waals surface area contributed by atoms with E-state index in [1.165, 1.54) is 19.2 Å². The smallest absolute Gasteiger partial charge is 0.360 e. The van der Waals surface area contributed by atoms with Crippen LogP contribution < -0.4 is 0 Å². The van der Waals surface area contributed by atoms with Gasteiger partial charge in [0.05, 0.1) is 7.11 Å². The lowest BCUT2D eigenvalue weighted by molar-refractivity contribution is 0.0590. The van der Waals surface area contributed by atoms with Gasteiger partial charge in [0, 0.05) is 16.5 Å². The SMILES string of the molecule is COC(=O)c1nc(C)c2cc(Cc3ccc(F)cc3)ccc2c1O. The maximum atomic E-state index is 13.0. The number of hydrogen-bond acceptors (Lipinski definition) is 4. The topological polar surface area (TPSA) is 59.4 Å². The van der Waals surface area contributed by atoms with E-state index in [2.05, 4.69) is 9.72 Å². The molecule has 2 aromatic carbocycles. The average molecular weight is 325 g/mol. The zero-order valence-corrected chi connectivity index (χ0v) is 13.3. The molecule has 0 aliphatic heterocycles. The van der Waals surface area contributed by atoms with E-state index in [4.69, 9.17) is 0 Å². The van der Waals surface area contributed by atoms with Crippen molar-refractivity contribution in [1.82, 2.24) is 4.98 Å². The van der Waals surface area contributed by atoms with E-state index in [1.807, 2.05) is 12.1 Å². The van der Waals surface area contributed by atoms with E-state index in [0.29, 0.717) is 17.5 Å². The Balaban J connectivity index is 2.04. The molecule has 0 saturated heterocycles. The Morgan fingerprint density at radius 3 is 2.46 bits per heavy atom. The van der Waals surface area contributed by atoms with Gasteiger partial charge in [-0.15, -0.1) is 0 Å². The fourth-order valence-electron chi connectivity index (χ4n) is 2.69. The molecule has 0 atom stereocenters. The van der Waals surface area contributed by atoms with Crippen LogP contribution in [0.15, 0.2) is 42.5 Å². The summed E-state index contributed by atoms with van der Waals surface area (Å²) in [5.74, 6) is -1.12. The molecule has 1 heterocycles. The van der Waals surface area contributed by atoms with Gasteiger partial charge in [-0.2, -0.15) is 0 Å². The van der Waals surface area contributed by atoms with Crippen LogP contribution in [0.4, 0.5) is 4.39 Å². The fourth-order valence-corrected chi connectivity index (χ4v) is 2.69. The monoisotopic (exact) mass is 325 g/mol. The summed E-state index contributed by atoms with van der Waals surface area (Å²) >= 11 is 0. The molecule has 0 unspecified atom stereocenters. The van der Waals surface area contributed by atoms with Crippen LogP contribution >= 0.6 is 0 Å². The minimum absolute atomic E-state index is 0.0891. The Kier molecular flexibility index (Phi) is 4.16. The van der Waals surface area contributed by atoms with E-state index in [0.717, 1.165) is 16.5 Å². The highest BCUT2D eigenvalue weighted by Gasteiger charge is 2.18. The number of pyridine rings is 1. The van der Waals surface area contributed by atoms with Crippen LogP contribution in [0.5, 0.6) is 5.75 Å². The number of aryl methyl sites for hydroxylation is 1. The fraction of sp³-hybridized carbons (Fsp3) is 0.158. The molecule has 0 aliphatic carbocycles. The summed E-state index contributed by atoms with van der Waals surface area (Å²) in [6.45, 7) is 1.77. The van der Waals surface area contributed by atoms with Gasteiger partial charge in [-0.05, 0) is 42.7 Å². The summed E-state index contributed by atoms with van der Waals surface area (Å²) < 4.78 is 17.6. The van der Waals surface area contributed by atoms with E-state index in [-0.39, 0.29) is 17.3 Å². The number of aromatic nitrogens is 1.